The maximum absolute atomic E-state index is 12.9. The first-order chi connectivity index (χ1) is 16.9. The SMILES string of the molecule is O=C(Cn1cnc2c(cnn2-c2ccccc2[N+](=O)[O-])c1=O)Nc1cccc(C(=O)NC2CC2)c1. The molecule has 2 aromatic carbocycles. The number of aromatic nitrogens is 4. The number of hydrogen-bond donors (Lipinski definition) is 2. The van der Waals surface area contributed by atoms with Crippen LogP contribution in [-0.2, 0) is 11.3 Å². The highest BCUT2D eigenvalue weighted by atomic mass is 16.6. The predicted octanol–water partition coefficient (Wildman–Crippen LogP) is 2.02. The van der Waals surface area contributed by atoms with Crippen molar-refractivity contribution in [3.05, 3.63) is 87.1 Å². The van der Waals surface area contributed by atoms with E-state index in [2.05, 4.69) is 20.7 Å². The highest BCUT2D eigenvalue weighted by Gasteiger charge is 2.24. The number of fused-ring (bicyclic) bond motifs is 1. The summed E-state index contributed by atoms with van der Waals surface area (Å²) in [4.78, 5) is 52.8. The zero-order chi connectivity index (χ0) is 24.5. The van der Waals surface area contributed by atoms with Crippen LogP contribution in [0.2, 0.25) is 0 Å². The molecule has 2 amide bonds. The summed E-state index contributed by atoms with van der Waals surface area (Å²) in [6.45, 7) is -0.322. The molecule has 0 saturated heterocycles. The summed E-state index contributed by atoms with van der Waals surface area (Å²) >= 11 is 0. The summed E-state index contributed by atoms with van der Waals surface area (Å²) in [6.07, 6.45) is 4.39. The molecule has 0 aliphatic heterocycles. The van der Waals surface area contributed by atoms with Gasteiger partial charge in [-0.2, -0.15) is 5.10 Å². The lowest BCUT2D eigenvalue weighted by Gasteiger charge is -2.09. The molecule has 1 saturated carbocycles. The van der Waals surface area contributed by atoms with Crippen LogP contribution in [0.1, 0.15) is 23.2 Å². The lowest BCUT2D eigenvalue weighted by atomic mass is 10.2. The van der Waals surface area contributed by atoms with Crippen molar-refractivity contribution in [3.63, 3.8) is 0 Å². The Balaban J connectivity index is 1.36. The average Bonchev–Trinajstić information content (AvgIpc) is 3.55. The zero-order valence-corrected chi connectivity index (χ0v) is 18.2. The first-order valence-corrected chi connectivity index (χ1v) is 10.8. The Morgan fingerprint density at radius 2 is 1.94 bits per heavy atom. The van der Waals surface area contributed by atoms with Gasteiger partial charge in [0, 0.05) is 23.4 Å². The molecule has 12 nitrogen and oxygen atoms in total. The van der Waals surface area contributed by atoms with E-state index < -0.39 is 16.4 Å². The molecule has 1 aliphatic carbocycles. The third kappa shape index (κ3) is 4.49. The Kier molecular flexibility index (Phi) is 5.53. The number of amides is 2. The molecule has 1 fully saturated rings. The van der Waals surface area contributed by atoms with E-state index in [1.807, 2.05) is 0 Å². The summed E-state index contributed by atoms with van der Waals surface area (Å²) in [5.41, 5.74) is 0.446. The fourth-order valence-corrected chi connectivity index (χ4v) is 3.63. The number of nitrogens with one attached hydrogen (secondary N) is 2. The number of para-hydroxylation sites is 2. The molecule has 4 aromatic rings. The van der Waals surface area contributed by atoms with Crippen molar-refractivity contribution in [2.75, 3.05) is 5.32 Å². The van der Waals surface area contributed by atoms with E-state index in [0.29, 0.717) is 11.3 Å². The number of rotatable bonds is 7. The van der Waals surface area contributed by atoms with Crippen molar-refractivity contribution < 1.29 is 14.5 Å². The maximum Gasteiger partial charge on any atom is 0.294 e. The van der Waals surface area contributed by atoms with Crippen molar-refractivity contribution in [2.45, 2.75) is 25.4 Å². The Morgan fingerprint density at radius 3 is 2.71 bits per heavy atom. The summed E-state index contributed by atoms with van der Waals surface area (Å²) in [5.74, 6) is -0.691. The molecular formula is C23H19N7O5. The Morgan fingerprint density at radius 1 is 1.14 bits per heavy atom. The van der Waals surface area contributed by atoms with Gasteiger partial charge in [-0.15, -0.1) is 0 Å². The van der Waals surface area contributed by atoms with Gasteiger partial charge in [-0.25, -0.2) is 9.67 Å². The summed E-state index contributed by atoms with van der Waals surface area (Å²) < 4.78 is 2.34. The molecule has 0 spiro atoms. The molecule has 176 valence electrons. The van der Waals surface area contributed by atoms with Crippen LogP contribution in [0, 0.1) is 10.1 Å². The van der Waals surface area contributed by atoms with E-state index in [1.165, 1.54) is 35.4 Å². The molecule has 2 aromatic heterocycles. The molecule has 0 bridgehead atoms. The Bertz CT molecular complexity index is 1540. The van der Waals surface area contributed by atoms with Crippen molar-refractivity contribution >= 4 is 34.2 Å². The van der Waals surface area contributed by atoms with E-state index in [0.717, 1.165) is 17.4 Å². The van der Waals surface area contributed by atoms with Crippen molar-refractivity contribution in [3.8, 4) is 5.69 Å². The Hall–Kier alpha value is -4.87. The summed E-state index contributed by atoms with van der Waals surface area (Å²) in [7, 11) is 0. The monoisotopic (exact) mass is 473 g/mol. The molecule has 1 aliphatic rings. The molecule has 0 atom stereocenters. The van der Waals surface area contributed by atoms with Crippen molar-refractivity contribution in [1.82, 2.24) is 24.6 Å². The second-order valence-electron chi connectivity index (χ2n) is 8.09. The first kappa shape index (κ1) is 21.9. The van der Waals surface area contributed by atoms with E-state index in [-0.39, 0.29) is 40.9 Å². The zero-order valence-electron chi connectivity index (χ0n) is 18.2. The third-order valence-corrected chi connectivity index (χ3v) is 5.50. The number of benzene rings is 2. The lowest BCUT2D eigenvalue weighted by molar-refractivity contribution is -0.384. The van der Waals surface area contributed by atoms with Gasteiger partial charge in [0.05, 0.1) is 11.1 Å². The fraction of sp³-hybridized carbons (Fsp3) is 0.174. The van der Waals surface area contributed by atoms with Gasteiger partial charge in [-0.1, -0.05) is 18.2 Å². The number of hydrogen-bond acceptors (Lipinski definition) is 7. The number of carbonyl (C=O) groups excluding carboxylic acids is 2. The highest BCUT2D eigenvalue weighted by molar-refractivity contribution is 5.97. The second-order valence-corrected chi connectivity index (χ2v) is 8.09. The van der Waals surface area contributed by atoms with E-state index in [9.17, 15) is 24.5 Å². The van der Waals surface area contributed by atoms with Crippen LogP contribution < -0.4 is 16.2 Å². The van der Waals surface area contributed by atoms with Crippen LogP contribution >= 0.6 is 0 Å². The first-order valence-electron chi connectivity index (χ1n) is 10.8. The molecule has 35 heavy (non-hydrogen) atoms. The fourth-order valence-electron chi connectivity index (χ4n) is 3.63. The van der Waals surface area contributed by atoms with E-state index in [4.69, 9.17) is 0 Å². The highest BCUT2D eigenvalue weighted by Crippen LogP contribution is 2.24. The lowest BCUT2D eigenvalue weighted by Crippen LogP contribution is -2.28. The average molecular weight is 473 g/mol. The standard InChI is InChI=1S/C23H19N7O5/c31-20(26-16-5-3-4-14(10-16)22(32)27-15-8-9-15)12-28-13-24-21-17(23(28)33)11-25-29(21)18-6-1-2-7-19(18)30(34)35/h1-7,10-11,13,15H,8-9,12H2,(H,26,31)(H,27,32). The minimum absolute atomic E-state index is 0.109. The van der Waals surface area contributed by atoms with Crippen LogP contribution in [0.4, 0.5) is 11.4 Å². The molecule has 0 unspecified atom stereocenters. The Labute approximate surface area is 197 Å². The van der Waals surface area contributed by atoms with E-state index in [1.54, 1.807) is 30.3 Å². The number of nitrogens with zero attached hydrogens (tertiary/aromatic N) is 5. The largest absolute Gasteiger partial charge is 0.349 e. The van der Waals surface area contributed by atoms with Crippen LogP contribution in [0.15, 0.2) is 65.8 Å². The summed E-state index contributed by atoms with van der Waals surface area (Å²) in [6, 6.07) is 12.7. The van der Waals surface area contributed by atoms with Crippen LogP contribution in [0.25, 0.3) is 16.7 Å². The predicted molar refractivity (Wildman–Crippen MR) is 125 cm³/mol. The van der Waals surface area contributed by atoms with Gasteiger partial charge in [0.1, 0.15) is 23.9 Å². The molecule has 2 N–H and O–H groups in total. The number of anilines is 1. The minimum Gasteiger partial charge on any atom is -0.349 e. The van der Waals surface area contributed by atoms with Crippen LogP contribution in [0.3, 0.4) is 0 Å². The van der Waals surface area contributed by atoms with Crippen LogP contribution in [-0.4, -0.2) is 42.1 Å². The molecule has 0 radical (unpaired) electrons. The smallest absolute Gasteiger partial charge is 0.294 e. The van der Waals surface area contributed by atoms with Crippen molar-refractivity contribution in [2.24, 2.45) is 0 Å². The van der Waals surface area contributed by atoms with Gasteiger partial charge in [-0.3, -0.25) is 29.1 Å². The van der Waals surface area contributed by atoms with Gasteiger partial charge >= 0.3 is 0 Å². The molecular weight excluding hydrogens is 454 g/mol. The topological polar surface area (TPSA) is 154 Å². The van der Waals surface area contributed by atoms with Gasteiger partial charge < -0.3 is 10.6 Å². The second kappa shape index (κ2) is 8.82. The molecule has 2 heterocycles. The maximum atomic E-state index is 12.9. The van der Waals surface area contributed by atoms with Crippen molar-refractivity contribution in [1.29, 1.82) is 0 Å². The van der Waals surface area contributed by atoms with Crippen LogP contribution in [0.5, 0.6) is 0 Å². The summed E-state index contributed by atoms with van der Waals surface area (Å²) in [5, 5.41) is 21.1. The number of nitro groups is 1. The quantitative estimate of drug-likeness (QED) is 0.307. The van der Waals surface area contributed by atoms with Gasteiger partial charge in [-0.05, 0) is 37.1 Å². The minimum atomic E-state index is -0.543. The third-order valence-electron chi connectivity index (χ3n) is 5.50. The van der Waals surface area contributed by atoms with Gasteiger partial charge in [0.25, 0.3) is 17.2 Å². The van der Waals surface area contributed by atoms with E-state index >= 15 is 0 Å². The van der Waals surface area contributed by atoms with Gasteiger partial charge in [0.2, 0.25) is 5.91 Å². The molecule has 12 heteroatoms. The number of carbonyl (C=O) groups is 2. The number of nitro benzene ring substituents is 1. The normalized spacial score (nSPS) is 12.9. The van der Waals surface area contributed by atoms with Gasteiger partial charge in [0.15, 0.2) is 5.65 Å². The molecule has 5 rings (SSSR count).